The highest BCUT2D eigenvalue weighted by molar-refractivity contribution is 8.00. The highest BCUT2D eigenvalue weighted by atomic mass is 32.2. The number of nitrogens with zero attached hydrogens (tertiary/aromatic N) is 1. The largest absolute Gasteiger partial charge is 0.487 e. The molecule has 0 aliphatic heterocycles. The minimum atomic E-state index is -4.45. The van der Waals surface area contributed by atoms with Gasteiger partial charge in [0.25, 0.3) is 5.56 Å². The first-order valence-corrected chi connectivity index (χ1v) is 10.0. The van der Waals surface area contributed by atoms with Crippen LogP contribution in [0.25, 0.3) is 0 Å². The topological polar surface area (TPSA) is 84.1 Å². The van der Waals surface area contributed by atoms with Crippen molar-refractivity contribution >= 4 is 23.4 Å². The highest BCUT2D eigenvalue weighted by Gasteiger charge is 2.30. The maximum absolute atomic E-state index is 12.6. The van der Waals surface area contributed by atoms with E-state index in [-0.39, 0.29) is 23.0 Å². The summed E-state index contributed by atoms with van der Waals surface area (Å²) in [4.78, 5) is 31.2. The standard InChI is InChI=1S/C21H18F3N3O3S/c1-13(19(29)25-15-9-7-14(8-10-15)21(22,23)24)31-20-26-16(11-18(28)27-20)12-30-17-5-3-2-4-6-17/h2-11,13H,12H2,1H3,(H,25,29)(H,26,27,28). The number of carbonyl (C=O) groups excluding carboxylic acids is 1. The molecule has 3 rings (SSSR count). The van der Waals surface area contributed by atoms with E-state index in [4.69, 9.17) is 4.74 Å². The number of anilines is 1. The number of aromatic nitrogens is 2. The molecule has 162 valence electrons. The minimum absolute atomic E-state index is 0.0770. The van der Waals surface area contributed by atoms with Crippen molar-refractivity contribution in [1.29, 1.82) is 0 Å². The van der Waals surface area contributed by atoms with Gasteiger partial charge in [-0.05, 0) is 43.3 Å². The molecule has 1 aromatic heterocycles. The zero-order valence-electron chi connectivity index (χ0n) is 16.3. The number of hydrogen-bond donors (Lipinski definition) is 2. The summed E-state index contributed by atoms with van der Waals surface area (Å²) in [5.74, 6) is 0.182. The Kier molecular flexibility index (Phi) is 7.01. The van der Waals surface area contributed by atoms with Crippen LogP contribution in [-0.4, -0.2) is 21.1 Å². The second-order valence-electron chi connectivity index (χ2n) is 6.47. The van der Waals surface area contributed by atoms with Crippen LogP contribution < -0.4 is 15.6 Å². The van der Waals surface area contributed by atoms with Gasteiger partial charge in [-0.2, -0.15) is 13.2 Å². The van der Waals surface area contributed by atoms with Crippen LogP contribution >= 0.6 is 11.8 Å². The fourth-order valence-corrected chi connectivity index (χ4v) is 3.32. The SMILES string of the molecule is CC(Sc1nc(COc2ccccc2)cc(=O)[nH]1)C(=O)Nc1ccc(C(F)(F)F)cc1. The predicted octanol–water partition coefficient (Wildman–Crippen LogP) is 4.49. The zero-order valence-corrected chi connectivity index (χ0v) is 17.1. The molecular formula is C21H18F3N3O3S. The molecule has 0 spiro atoms. The molecule has 0 saturated carbocycles. The minimum Gasteiger partial charge on any atom is -0.487 e. The van der Waals surface area contributed by atoms with Gasteiger partial charge in [0.15, 0.2) is 5.16 Å². The number of nitrogens with one attached hydrogen (secondary N) is 2. The number of rotatable bonds is 7. The molecule has 2 aromatic carbocycles. The Bertz CT molecular complexity index is 1090. The van der Waals surface area contributed by atoms with Crippen molar-refractivity contribution in [3.8, 4) is 5.75 Å². The number of benzene rings is 2. The first-order valence-electron chi connectivity index (χ1n) is 9.13. The van der Waals surface area contributed by atoms with Gasteiger partial charge in [-0.1, -0.05) is 30.0 Å². The molecule has 0 aliphatic carbocycles. The number of thioether (sulfide) groups is 1. The van der Waals surface area contributed by atoms with Crippen LogP contribution in [0.3, 0.4) is 0 Å². The molecule has 0 bridgehead atoms. The maximum atomic E-state index is 12.6. The van der Waals surface area contributed by atoms with Crippen molar-refractivity contribution in [2.75, 3.05) is 5.32 Å². The third kappa shape index (κ3) is 6.61. The Morgan fingerprint density at radius 1 is 1.16 bits per heavy atom. The summed E-state index contributed by atoms with van der Waals surface area (Å²) in [5.41, 5.74) is -0.564. The average Bonchev–Trinajstić information content (AvgIpc) is 2.72. The van der Waals surface area contributed by atoms with Gasteiger partial charge in [0.05, 0.1) is 16.5 Å². The summed E-state index contributed by atoms with van der Waals surface area (Å²) >= 11 is 1.01. The van der Waals surface area contributed by atoms with Gasteiger partial charge in [0.1, 0.15) is 12.4 Å². The summed E-state index contributed by atoms with van der Waals surface area (Å²) in [7, 11) is 0. The van der Waals surface area contributed by atoms with Crippen molar-refractivity contribution in [2.45, 2.75) is 30.1 Å². The molecule has 31 heavy (non-hydrogen) atoms. The Morgan fingerprint density at radius 3 is 2.48 bits per heavy atom. The number of para-hydroxylation sites is 1. The van der Waals surface area contributed by atoms with E-state index in [9.17, 15) is 22.8 Å². The molecule has 0 radical (unpaired) electrons. The van der Waals surface area contributed by atoms with Gasteiger partial charge in [-0.25, -0.2) is 4.98 Å². The highest BCUT2D eigenvalue weighted by Crippen LogP contribution is 2.30. The smallest absolute Gasteiger partial charge is 0.416 e. The molecule has 1 atom stereocenters. The lowest BCUT2D eigenvalue weighted by molar-refractivity contribution is -0.137. The van der Waals surface area contributed by atoms with Gasteiger partial charge in [0, 0.05) is 11.8 Å². The normalized spacial score (nSPS) is 12.3. The third-order valence-corrected chi connectivity index (χ3v) is 5.02. The fraction of sp³-hybridized carbons (Fsp3) is 0.190. The number of carbonyl (C=O) groups is 1. The Hall–Kier alpha value is -3.27. The summed E-state index contributed by atoms with van der Waals surface area (Å²) in [6.07, 6.45) is -4.45. The second-order valence-corrected chi connectivity index (χ2v) is 7.80. The van der Waals surface area contributed by atoms with Gasteiger partial charge >= 0.3 is 6.18 Å². The van der Waals surface area contributed by atoms with Crippen molar-refractivity contribution < 1.29 is 22.7 Å². The van der Waals surface area contributed by atoms with Crippen molar-refractivity contribution in [2.24, 2.45) is 0 Å². The quantitative estimate of drug-likeness (QED) is 0.410. The van der Waals surface area contributed by atoms with Crippen LogP contribution in [0, 0.1) is 0 Å². The van der Waals surface area contributed by atoms with Crippen molar-refractivity contribution in [3.05, 3.63) is 82.3 Å². The lowest BCUT2D eigenvalue weighted by Crippen LogP contribution is -2.23. The lowest BCUT2D eigenvalue weighted by Gasteiger charge is -2.13. The van der Waals surface area contributed by atoms with Gasteiger partial charge in [0.2, 0.25) is 5.91 Å². The van der Waals surface area contributed by atoms with Crippen LogP contribution in [0.1, 0.15) is 18.2 Å². The number of halogens is 3. The number of alkyl halides is 3. The van der Waals surface area contributed by atoms with Crippen LogP contribution in [0.2, 0.25) is 0 Å². The van der Waals surface area contributed by atoms with Crippen LogP contribution in [0.4, 0.5) is 18.9 Å². The molecule has 10 heteroatoms. The summed E-state index contributed by atoms with van der Waals surface area (Å²) in [6.45, 7) is 1.67. The van der Waals surface area contributed by atoms with Gasteiger partial charge in [-0.3, -0.25) is 9.59 Å². The molecule has 0 saturated heterocycles. The molecule has 0 fully saturated rings. The van der Waals surface area contributed by atoms with Crippen LogP contribution in [0.5, 0.6) is 5.75 Å². The monoisotopic (exact) mass is 449 g/mol. The second kappa shape index (κ2) is 9.69. The average molecular weight is 449 g/mol. The van der Waals surface area contributed by atoms with Gasteiger partial charge in [-0.15, -0.1) is 0 Å². The Labute approximate surface area is 179 Å². The molecule has 3 aromatic rings. The van der Waals surface area contributed by atoms with E-state index in [1.54, 1.807) is 19.1 Å². The molecule has 0 aliphatic rings. The van der Waals surface area contributed by atoms with E-state index < -0.39 is 22.9 Å². The first kappa shape index (κ1) is 22.4. The number of ether oxygens (including phenoxy) is 1. The number of hydrogen-bond acceptors (Lipinski definition) is 5. The molecule has 1 unspecified atom stereocenters. The zero-order chi connectivity index (χ0) is 22.4. The summed E-state index contributed by atoms with van der Waals surface area (Å²) < 4.78 is 43.5. The van der Waals surface area contributed by atoms with Crippen molar-refractivity contribution in [1.82, 2.24) is 9.97 Å². The van der Waals surface area contributed by atoms with Crippen molar-refractivity contribution in [3.63, 3.8) is 0 Å². The molecule has 6 nitrogen and oxygen atoms in total. The van der Waals surface area contributed by atoms with E-state index in [1.165, 1.54) is 18.2 Å². The van der Waals surface area contributed by atoms with E-state index in [1.807, 2.05) is 18.2 Å². The van der Waals surface area contributed by atoms with E-state index in [2.05, 4.69) is 15.3 Å². The predicted molar refractivity (Wildman–Crippen MR) is 111 cm³/mol. The van der Waals surface area contributed by atoms with E-state index in [0.717, 1.165) is 23.9 Å². The molecule has 1 heterocycles. The fourth-order valence-electron chi connectivity index (χ4n) is 2.49. The number of aromatic amines is 1. The van der Waals surface area contributed by atoms with Gasteiger partial charge < -0.3 is 15.0 Å². The number of amides is 1. The molecular weight excluding hydrogens is 431 g/mol. The first-order chi connectivity index (χ1) is 14.7. The third-order valence-electron chi connectivity index (χ3n) is 4.04. The molecule has 2 N–H and O–H groups in total. The summed E-state index contributed by atoms with van der Waals surface area (Å²) in [5, 5.41) is 2.11. The Balaban J connectivity index is 1.61. The van der Waals surface area contributed by atoms with Crippen LogP contribution in [-0.2, 0) is 17.6 Å². The van der Waals surface area contributed by atoms with Crippen LogP contribution in [0.15, 0.2) is 70.6 Å². The molecule has 1 amide bonds. The number of H-pyrrole nitrogens is 1. The summed E-state index contributed by atoms with van der Waals surface area (Å²) in [6, 6.07) is 14.5. The lowest BCUT2D eigenvalue weighted by atomic mass is 10.2. The van der Waals surface area contributed by atoms with E-state index in [0.29, 0.717) is 11.4 Å². The van der Waals surface area contributed by atoms with E-state index >= 15 is 0 Å². The maximum Gasteiger partial charge on any atom is 0.416 e. The Morgan fingerprint density at radius 2 is 1.84 bits per heavy atom.